The summed E-state index contributed by atoms with van der Waals surface area (Å²) in [6.45, 7) is 13.9. The molecule has 162 valence electrons. The molecule has 0 spiro atoms. The summed E-state index contributed by atoms with van der Waals surface area (Å²) in [5.74, 6) is 0. The molecule has 0 saturated carbocycles. The van der Waals surface area contributed by atoms with Crippen molar-refractivity contribution >= 4 is 27.2 Å². The van der Waals surface area contributed by atoms with Gasteiger partial charge in [-0.2, -0.15) is 4.57 Å². The van der Waals surface area contributed by atoms with Crippen molar-refractivity contribution in [2.75, 3.05) is 0 Å². The van der Waals surface area contributed by atoms with Crippen LogP contribution in [0, 0.1) is 6.92 Å². The van der Waals surface area contributed by atoms with Crippen molar-refractivity contribution in [3.63, 3.8) is 0 Å². The van der Waals surface area contributed by atoms with Gasteiger partial charge in [0.05, 0.1) is 5.56 Å². The van der Waals surface area contributed by atoms with Crippen LogP contribution in [-0.2, 0) is 12.0 Å². The third kappa shape index (κ3) is 2.80. The predicted molar refractivity (Wildman–Crippen MR) is 138 cm³/mol. The second-order valence-electron chi connectivity index (χ2n) is 9.39. The van der Waals surface area contributed by atoms with Gasteiger partial charge in [-0.05, 0) is 53.3 Å². The number of hydrogen-bond donors (Lipinski definition) is 0. The van der Waals surface area contributed by atoms with Crippen molar-refractivity contribution in [2.24, 2.45) is 0 Å². The van der Waals surface area contributed by atoms with Crippen LogP contribution in [0.5, 0.6) is 0 Å². The molecule has 0 atom stereocenters. The number of rotatable bonds is 5. The van der Waals surface area contributed by atoms with Crippen LogP contribution in [0.2, 0.25) is 0 Å². The van der Waals surface area contributed by atoms with Crippen molar-refractivity contribution in [1.29, 1.82) is 0 Å². The molecule has 0 saturated heterocycles. The van der Waals surface area contributed by atoms with Gasteiger partial charge in [-0.25, -0.2) is 0 Å². The maximum absolute atomic E-state index is 4.74. The number of hydrogen-bond acceptors (Lipinski definition) is 0. The molecule has 0 bridgehead atoms. The number of unbranched alkanes of at least 4 members (excludes halogenated alkanes) is 1. The van der Waals surface area contributed by atoms with Crippen molar-refractivity contribution in [2.45, 2.75) is 65.3 Å². The Hall–Kier alpha value is -2.93. The van der Waals surface area contributed by atoms with Gasteiger partial charge >= 0.3 is 0 Å². The van der Waals surface area contributed by atoms with Crippen LogP contribution >= 0.6 is 0 Å². The molecule has 5 rings (SSSR count). The van der Waals surface area contributed by atoms with E-state index >= 15 is 0 Å². The van der Waals surface area contributed by atoms with Gasteiger partial charge in [0.25, 0.3) is 0 Å². The first-order chi connectivity index (χ1) is 15.6. The van der Waals surface area contributed by atoms with Crippen molar-refractivity contribution in [3.8, 4) is 11.3 Å². The molecule has 3 aromatic carbocycles. The van der Waals surface area contributed by atoms with E-state index in [1.165, 1.54) is 68.0 Å². The number of para-hydroxylation sites is 1. The Balaban J connectivity index is 1.94. The largest absolute Gasteiger partial charge is 0.215 e. The highest BCUT2D eigenvalue weighted by atomic mass is 15.1. The van der Waals surface area contributed by atoms with E-state index in [1.807, 2.05) is 0 Å². The van der Waals surface area contributed by atoms with Gasteiger partial charge in [0, 0.05) is 35.9 Å². The predicted octanol–water partition coefficient (Wildman–Crippen LogP) is 8.14. The Morgan fingerprint density at radius 2 is 1.59 bits per heavy atom. The highest BCUT2D eigenvalue weighted by molar-refractivity contribution is 6.04. The minimum Gasteiger partial charge on any atom is -0.181 e. The van der Waals surface area contributed by atoms with Crippen LogP contribution < -0.4 is 4.57 Å². The average molecular weight is 421 g/mol. The van der Waals surface area contributed by atoms with Crippen LogP contribution in [-0.4, -0.2) is 0 Å². The van der Waals surface area contributed by atoms with E-state index in [2.05, 4.69) is 92.9 Å². The van der Waals surface area contributed by atoms with E-state index in [1.54, 1.807) is 0 Å². The first-order valence-corrected chi connectivity index (χ1v) is 12.3. The molecule has 0 aliphatic carbocycles. The molecular formula is C31H34N+. The molecule has 1 aliphatic rings. The zero-order valence-corrected chi connectivity index (χ0v) is 20.0. The van der Waals surface area contributed by atoms with E-state index in [9.17, 15) is 0 Å². The molecule has 4 aromatic rings. The van der Waals surface area contributed by atoms with E-state index in [0.29, 0.717) is 0 Å². The second kappa shape index (κ2) is 7.89. The third-order valence-electron chi connectivity index (χ3n) is 7.86. The number of aromatic nitrogens is 1. The normalized spacial score (nSPS) is 14.6. The number of pyridine rings is 1. The highest BCUT2D eigenvalue weighted by Gasteiger charge is 2.48. The van der Waals surface area contributed by atoms with Crippen molar-refractivity contribution < 1.29 is 4.57 Å². The zero-order chi connectivity index (χ0) is 22.5. The van der Waals surface area contributed by atoms with Crippen molar-refractivity contribution in [1.82, 2.24) is 0 Å². The maximum atomic E-state index is 4.74. The minimum absolute atomic E-state index is 0.108. The third-order valence-corrected chi connectivity index (χ3v) is 7.86. The van der Waals surface area contributed by atoms with Gasteiger partial charge in [0.2, 0.25) is 11.2 Å². The highest BCUT2D eigenvalue weighted by Crippen LogP contribution is 2.47. The van der Waals surface area contributed by atoms with E-state index < -0.39 is 0 Å². The summed E-state index contributed by atoms with van der Waals surface area (Å²) in [4.78, 5) is 0. The van der Waals surface area contributed by atoms with Crippen LogP contribution in [0.3, 0.4) is 0 Å². The average Bonchev–Trinajstić information content (AvgIpc) is 2.83. The Morgan fingerprint density at radius 1 is 0.844 bits per heavy atom. The number of aryl methyl sites for hydroxylation is 2. The summed E-state index contributed by atoms with van der Waals surface area (Å²) in [6.07, 6.45) is 5.64. The summed E-state index contributed by atoms with van der Waals surface area (Å²) in [5.41, 5.74) is 9.28. The van der Waals surface area contributed by atoms with E-state index in [4.69, 9.17) is 6.58 Å². The summed E-state index contributed by atoms with van der Waals surface area (Å²) >= 11 is 0. The van der Waals surface area contributed by atoms with Gasteiger partial charge in [-0.1, -0.05) is 76.2 Å². The van der Waals surface area contributed by atoms with Crippen LogP contribution in [0.4, 0.5) is 0 Å². The fourth-order valence-electron chi connectivity index (χ4n) is 6.04. The van der Waals surface area contributed by atoms with E-state index in [-0.39, 0.29) is 5.54 Å². The van der Waals surface area contributed by atoms with E-state index in [0.717, 1.165) is 19.3 Å². The quantitative estimate of drug-likeness (QED) is 0.287. The summed E-state index contributed by atoms with van der Waals surface area (Å²) < 4.78 is 2.62. The summed E-state index contributed by atoms with van der Waals surface area (Å²) in [7, 11) is 0. The first-order valence-electron chi connectivity index (χ1n) is 12.3. The lowest BCUT2D eigenvalue weighted by atomic mass is 9.74. The van der Waals surface area contributed by atoms with Gasteiger partial charge < -0.3 is 0 Å². The molecule has 0 unspecified atom stereocenters. The summed E-state index contributed by atoms with van der Waals surface area (Å²) in [5, 5.41) is 4.09. The lowest BCUT2D eigenvalue weighted by Gasteiger charge is -2.36. The standard InChI is InChI=1S/C31H34N/c1-6-9-13-23-14-12-16-27-26(23)19-18-25-22(5)31(7-2,8-3)32-28-17-11-10-15-24(28)21(4)20-29(32)30(25)27/h10-12,14-20H,5-9,13H2,1-4H3/q+1. The molecule has 1 nitrogen and oxygen atoms in total. The second-order valence-corrected chi connectivity index (χ2v) is 9.39. The molecule has 0 fully saturated rings. The summed E-state index contributed by atoms with van der Waals surface area (Å²) in [6, 6.07) is 22.9. The fraction of sp³-hybridized carbons (Fsp3) is 0.323. The minimum atomic E-state index is -0.108. The number of nitrogens with zero attached hydrogens (tertiary/aromatic N) is 1. The SMILES string of the molecule is C=C1c2ccc3c(CCCC)cccc3c2-c2cc(C)c3ccccc3[n+]2C1(CC)CC. The molecule has 0 radical (unpaired) electrons. The van der Waals surface area contributed by atoms with Crippen molar-refractivity contribution in [3.05, 3.63) is 83.9 Å². The molecule has 32 heavy (non-hydrogen) atoms. The Kier molecular flexibility index (Phi) is 5.16. The van der Waals surface area contributed by atoms with Gasteiger partial charge in [0.1, 0.15) is 0 Å². The lowest BCUT2D eigenvalue weighted by molar-refractivity contribution is -0.718. The molecule has 1 aromatic heterocycles. The van der Waals surface area contributed by atoms with Crippen LogP contribution in [0.15, 0.2) is 67.2 Å². The number of fused-ring (bicyclic) bond motifs is 7. The van der Waals surface area contributed by atoms with Gasteiger partial charge in [0.15, 0.2) is 5.54 Å². The molecular weight excluding hydrogens is 386 g/mol. The fourth-order valence-corrected chi connectivity index (χ4v) is 6.04. The maximum Gasteiger partial charge on any atom is 0.215 e. The first kappa shape index (κ1) is 20.9. The number of benzene rings is 3. The van der Waals surface area contributed by atoms with Gasteiger partial charge in [-0.15, -0.1) is 0 Å². The van der Waals surface area contributed by atoms with Crippen LogP contribution in [0.25, 0.3) is 38.5 Å². The molecule has 0 N–H and O–H groups in total. The Morgan fingerprint density at radius 3 is 2.34 bits per heavy atom. The molecule has 1 aliphatic heterocycles. The molecule has 1 heteroatoms. The zero-order valence-electron chi connectivity index (χ0n) is 20.0. The monoisotopic (exact) mass is 420 g/mol. The molecule has 0 amide bonds. The topological polar surface area (TPSA) is 3.88 Å². The number of allylic oxidation sites excluding steroid dienone is 1. The van der Waals surface area contributed by atoms with Gasteiger partial charge in [-0.3, -0.25) is 0 Å². The van der Waals surface area contributed by atoms with Crippen LogP contribution in [0.1, 0.15) is 63.1 Å². The Labute approximate surface area is 192 Å². The smallest absolute Gasteiger partial charge is 0.181 e. The molecule has 2 heterocycles. The lowest BCUT2D eigenvalue weighted by Crippen LogP contribution is -2.59. The Bertz CT molecular complexity index is 1350.